The second-order valence-corrected chi connectivity index (χ2v) is 10.7. The number of likely N-dealkylation sites (tertiary alicyclic amines) is 2. The minimum atomic E-state index is 0.189. The van der Waals surface area contributed by atoms with E-state index < -0.39 is 0 Å². The number of hydrogen-bond acceptors (Lipinski definition) is 4. The summed E-state index contributed by atoms with van der Waals surface area (Å²) in [5.41, 5.74) is 0. The van der Waals surface area contributed by atoms with Crippen LogP contribution < -0.4 is 0 Å². The molecule has 0 saturated carbocycles. The van der Waals surface area contributed by atoms with Crippen LogP contribution in [0, 0.1) is 11.8 Å². The molecule has 0 N–H and O–H groups in total. The first-order chi connectivity index (χ1) is 17.2. The van der Waals surface area contributed by atoms with Crippen molar-refractivity contribution in [3.8, 4) is 0 Å². The van der Waals surface area contributed by atoms with Crippen LogP contribution in [0.25, 0.3) is 0 Å². The summed E-state index contributed by atoms with van der Waals surface area (Å²) in [6, 6.07) is 0. The summed E-state index contributed by atoms with van der Waals surface area (Å²) in [4.78, 5) is 41.7. The highest BCUT2D eigenvalue weighted by Gasteiger charge is 2.22. The first kappa shape index (κ1) is 32.4. The van der Waals surface area contributed by atoms with Crippen LogP contribution in [0.4, 0.5) is 0 Å². The largest absolute Gasteiger partial charge is 0.343 e. The quantitative estimate of drug-likeness (QED) is 0.524. The van der Waals surface area contributed by atoms with Crippen LogP contribution in [0.2, 0.25) is 0 Å². The van der Waals surface area contributed by atoms with E-state index in [0.717, 1.165) is 24.9 Å². The highest BCUT2D eigenvalue weighted by atomic mass is 16.2. The number of carbonyl (C=O) groups excluding carboxylic acids is 3. The normalized spacial score (nSPS) is 19.7. The zero-order chi connectivity index (χ0) is 26.9. The van der Waals surface area contributed by atoms with Crippen molar-refractivity contribution in [1.29, 1.82) is 0 Å². The molecule has 0 unspecified atom stereocenters. The fourth-order valence-electron chi connectivity index (χ4n) is 5.36. The first-order valence-electron chi connectivity index (χ1n) is 14.7. The van der Waals surface area contributed by atoms with E-state index in [0.29, 0.717) is 39.0 Å². The molecule has 3 fully saturated rings. The van der Waals surface area contributed by atoms with Crippen molar-refractivity contribution >= 4 is 17.7 Å². The van der Waals surface area contributed by atoms with Crippen molar-refractivity contribution in [2.75, 3.05) is 59.4 Å². The van der Waals surface area contributed by atoms with Crippen molar-refractivity contribution in [2.45, 2.75) is 98.8 Å². The summed E-state index contributed by atoms with van der Waals surface area (Å²) in [6.07, 6.45) is 11.9. The van der Waals surface area contributed by atoms with Gasteiger partial charge < -0.3 is 19.6 Å². The Morgan fingerprint density at radius 2 is 0.944 bits per heavy atom. The number of piperazine rings is 1. The summed E-state index contributed by atoms with van der Waals surface area (Å²) in [7, 11) is 2.22. The molecule has 0 radical (unpaired) electrons. The highest BCUT2D eigenvalue weighted by Crippen LogP contribution is 2.21. The summed E-state index contributed by atoms with van der Waals surface area (Å²) >= 11 is 0. The molecule has 210 valence electrons. The molecule has 0 aromatic heterocycles. The van der Waals surface area contributed by atoms with E-state index >= 15 is 0 Å². The molecule has 0 bridgehead atoms. The van der Waals surface area contributed by atoms with Crippen LogP contribution in [0.1, 0.15) is 98.8 Å². The van der Waals surface area contributed by atoms with Gasteiger partial charge in [-0.2, -0.15) is 0 Å². The van der Waals surface area contributed by atoms with Crippen molar-refractivity contribution in [1.82, 2.24) is 19.6 Å². The van der Waals surface area contributed by atoms with Gasteiger partial charge in [-0.1, -0.05) is 53.4 Å². The fourth-order valence-corrected chi connectivity index (χ4v) is 5.36. The predicted molar refractivity (Wildman–Crippen MR) is 149 cm³/mol. The van der Waals surface area contributed by atoms with Crippen molar-refractivity contribution in [2.24, 2.45) is 11.8 Å². The minimum absolute atomic E-state index is 0.189. The van der Waals surface area contributed by atoms with Crippen LogP contribution >= 0.6 is 0 Å². The predicted octanol–water partition coefficient (Wildman–Crippen LogP) is 4.65. The first-order valence-corrected chi connectivity index (χ1v) is 14.7. The summed E-state index contributed by atoms with van der Waals surface area (Å²) in [5.74, 6) is 2.54. The number of nitrogens with zero attached hydrogens (tertiary/aromatic N) is 4. The molecular formula is C29H56N4O3. The Kier molecular flexibility index (Phi) is 16.7. The third-order valence-electron chi connectivity index (χ3n) is 7.88. The molecule has 0 spiro atoms. The zero-order valence-electron chi connectivity index (χ0n) is 24.4. The van der Waals surface area contributed by atoms with Gasteiger partial charge in [0.25, 0.3) is 0 Å². The molecule has 3 aliphatic heterocycles. The molecule has 3 rings (SSSR count). The van der Waals surface area contributed by atoms with Gasteiger partial charge in [-0.15, -0.1) is 0 Å². The number of rotatable bonds is 6. The number of hydrogen-bond donors (Lipinski definition) is 0. The Bertz CT molecular complexity index is 594. The van der Waals surface area contributed by atoms with E-state index in [2.05, 4.69) is 25.8 Å². The van der Waals surface area contributed by atoms with Gasteiger partial charge in [0.15, 0.2) is 0 Å². The van der Waals surface area contributed by atoms with Crippen LogP contribution in [0.5, 0.6) is 0 Å². The van der Waals surface area contributed by atoms with E-state index in [9.17, 15) is 14.4 Å². The van der Waals surface area contributed by atoms with E-state index in [1.54, 1.807) is 6.92 Å². The molecule has 0 aromatic carbocycles. The van der Waals surface area contributed by atoms with E-state index in [4.69, 9.17) is 0 Å². The SMILES string of the molecule is CCC(=O)N1CCN(C(=O)CC)CC1.CCCC1CCN(C(C)=O)CC1.CCCC1CCN(C)CC1. The van der Waals surface area contributed by atoms with Gasteiger partial charge in [-0.25, -0.2) is 0 Å². The molecule has 3 heterocycles. The van der Waals surface area contributed by atoms with Crippen LogP contribution in [0.15, 0.2) is 0 Å². The van der Waals surface area contributed by atoms with E-state index in [1.807, 2.05) is 28.5 Å². The summed E-state index contributed by atoms with van der Waals surface area (Å²) in [6.45, 7) is 17.3. The van der Waals surface area contributed by atoms with Crippen molar-refractivity contribution in [3.05, 3.63) is 0 Å². The minimum Gasteiger partial charge on any atom is -0.343 e. The average molecular weight is 509 g/mol. The van der Waals surface area contributed by atoms with Gasteiger partial charge in [0.1, 0.15) is 0 Å². The highest BCUT2D eigenvalue weighted by molar-refractivity contribution is 5.78. The molecule has 7 heteroatoms. The Morgan fingerprint density at radius 3 is 1.25 bits per heavy atom. The second kappa shape index (κ2) is 18.6. The Morgan fingerprint density at radius 1 is 0.583 bits per heavy atom. The van der Waals surface area contributed by atoms with Gasteiger partial charge in [-0.3, -0.25) is 14.4 Å². The average Bonchev–Trinajstić information content (AvgIpc) is 2.90. The molecule has 3 aliphatic rings. The maximum atomic E-state index is 11.3. The lowest BCUT2D eigenvalue weighted by molar-refractivity contribution is -0.139. The number of piperidine rings is 2. The van der Waals surface area contributed by atoms with Gasteiger partial charge >= 0.3 is 0 Å². The monoisotopic (exact) mass is 508 g/mol. The Hall–Kier alpha value is -1.63. The molecule has 3 amide bonds. The zero-order valence-corrected chi connectivity index (χ0v) is 24.4. The van der Waals surface area contributed by atoms with Crippen molar-refractivity contribution < 1.29 is 14.4 Å². The third kappa shape index (κ3) is 12.6. The molecule has 0 aromatic rings. The standard InChI is InChI=1S/C10H18N2O2.C10H19NO.C9H19N/c1-3-9(13)11-5-7-12(8-6-11)10(14)4-2;1-3-4-10-5-7-11(8-6-10)9(2)12;1-3-4-9-5-7-10(2)8-6-9/h3-8H2,1-2H3;10H,3-8H2,1-2H3;9H,3-8H2,1-2H3. The Balaban J connectivity index is 0.000000274. The van der Waals surface area contributed by atoms with E-state index in [1.165, 1.54) is 64.5 Å². The van der Waals surface area contributed by atoms with Gasteiger partial charge in [0, 0.05) is 59.0 Å². The Labute approximate surface area is 221 Å². The number of carbonyl (C=O) groups is 3. The van der Waals surface area contributed by atoms with Crippen LogP contribution in [0.3, 0.4) is 0 Å². The van der Waals surface area contributed by atoms with Crippen LogP contribution in [-0.2, 0) is 14.4 Å². The summed E-state index contributed by atoms with van der Waals surface area (Å²) < 4.78 is 0. The molecule has 0 aliphatic carbocycles. The lowest BCUT2D eigenvalue weighted by atomic mass is 9.92. The smallest absolute Gasteiger partial charge is 0.222 e. The maximum Gasteiger partial charge on any atom is 0.222 e. The van der Waals surface area contributed by atoms with Gasteiger partial charge in [0.2, 0.25) is 17.7 Å². The molecule has 7 nitrogen and oxygen atoms in total. The van der Waals surface area contributed by atoms with Crippen molar-refractivity contribution in [3.63, 3.8) is 0 Å². The topological polar surface area (TPSA) is 64.2 Å². The fraction of sp³-hybridized carbons (Fsp3) is 0.897. The van der Waals surface area contributed by atoms with Gasteiger partial charge in [0.05, 0.1) is 0 Å². The summed E-state index contributed by atoms with van der Waals surface area (Å²) in [5, 5.41) is 0. The van der Waals surface area contributed by atoms with E-state index in [-0.39, 0.29) is 17.7 Å². The lowest BCUT2D eigenvalue weighted by Crippen LogP contribution is -2.50. The third-order valence-corrected chi connectivity index (χ3v) is 7.88. The lowest BCUT2D eigenvalue weighted by Gasteiger charge is -2.34. The van der Waals surface area contributed by atoms with Crippen LogP contribution in [-0.4, -0.2) is 96.7 Å². The molecule has 3 saturated heterocycles. The maximum absolute atomic E-state index is 11.3. The number of amides is 3. The molecule has 36 heavy (non-hydrogen) atoms. The second-order valence-electron chi connectivity index (χ2n) is 10.7. The van der Waals surface area contributed by atoms with Gasteiger partial charge in [-0.05, 0) is 57.7 Å². The molecular weight excluding hydrogens is 452 g/mol. The molecule has 0 atom stereocenters.